The number of halogens is 1. The lowest BCUT2D eigenvalue weighted by Gasteiger charge is -2.35. The predicted molar refractivity (Wildman–Crippen MR) is 145 cm³/mol. The molecule has 2 aromatic carbocycles. The first kappa shape index (κ1) is 33.6. The van der Waals surface area contributed by atoms with Crippen molar-refractivity contribution in [3.05, 3.63) is 69.2 Å². The third-order valence-electron chi connectivity index (χ3n) is 6.15. The van der Waals surface area contributed by atoms with E-state index in [1.54, 1.807) is 24.3 Å². The van der Waals surface area contributed by atoms with Gasteiger partial charge in [-0.3, -0.25) is 24.6 Å². The van der Waals surface area contributed by atoms with Crippen LogP contribution in [0, 0.1) is 10.1 Å². The van der Waals surface area contributed by atoms with Gasteiger partial charge in [-0.15, -0.1) is 0 Å². The number of non-ortho nitro benzene ring substituents is 1. The summed E-state index contributed by atoms with van der Waals surface area (Å²) >= 11 is 5.84. The first-order chi connectivity index (χ1) is 19.1. The number of carboxylic acid groups (broad SMARTS) is 3. The fourth-order valence-electron chi connectivity index (χ4n) is 4.02. The van der Waals surface area contributed by atoms with Crippen LogP contribution >= 0.6 is 11.6 Å². The van der Waals surface area contributed by atoms with Crippen molar-refractivity contribution in [3.63, 3.8) is 0 Å². The molecule has 5 N–H and O–H groups in total. The van der Waals surface area contributed by atoms with Crippen LogP contribution in [0.5, 0.6) is 0 Å². The van der Waals surface area contributed by atoms with E-state index >= 15 is 0 Å². The van der Waals surface area contributed by atoms with Gasteiger partial charge in [0.2, 0.25) is 10.0 Å². The second kappa shape index (κ2) is 14.8. The van der Waals surface area contributed by atoms with Crippen molar-refractivity contribution in [2.24, 2.45) is 0 Å². The van der Waals surface area contributed by atoms with Crippen molar-refractivity contribution in [3.8, 4) is 0 Å². The van der Waals surface area contributed by atoms with E-state index in [0.717, 1.165) is 31.4 Å². The molecule has 0 radical (unpaired) electrons. The zero-order valence-electron chi connectivity index (χ0n) is 21.7. The van der Waals surface area contributed by atoms with Crippen molar-refractivity contribution < 1.29 is 48.2 Å². The van der Waals surface area contributed by atoms with E-state index in [9.17, 15) is 32.9 Å². The number of aliphatic hydroxyl groups is 1. The molecule has 14 nitrogen and oxygen atoms in total. The first-order valence-corrected chi connectivity index (χ1v) is 14.1. The molecular weight excluding hydrogens is 586 g/mol. The predicted octanol–water partition coefficient (Wildman–Crippen LogP) is 2.33. The van der Waals surface area contributed by atoms with Crippen LogP contribution in [0.15, 0.2) is 53.4 Å². The fourth-order valence-corrected chi connectivity index (χ4v) is 5.41. The highest BCUT2D eigenvalue weighted by Gasteiger charge is 2.40. The van der Waals surface area contributed by atoms with Crippen molar-refractivity contribution >= 4 is 45.2 Å². The van der Waals surface area contributed by atoms with Gasteiger partial charge in [-0.05, 0) is 62.1 Å². The van der Waals surface area contributed by atoms with Crippen LogP contribution in [0.4, 0.5) is 5.69 Å². The number of piperidine rings is 1. The Morgan fingerprint density at radius 2 is 1.56 bits per heavy atom. The van der Waals surface area contributed by atoms with Crippen LogP contribution in [0.25, 0.3) is 0 Å². The van der Waals surface area contributed by atoms with E-state index in [0.29, 0.717) is 18.0 Å². The third-order valence-corrected chi connectivity index (χ3v) is 7.88. The van der Waals surface area contributed by atoms with Gasteiger partial charge in [0, 0.05) is 23.7 Å². The molecule has 0 amide bonds. The summed E-state index contributed by atoms with van der Waals surface area (Å²) in [5.74, 6) is -5.02. The Morgan fingerprint density at radius 1 is 1.00 bits per heavy atom. The molecule has 0 saturated carbocycles. The average Bonchev–Trinajstić information content (AvgIpc) is 2.88. The van der Waals surface area contributed by atoms with Gasteiger partial charge < -0.3 is 20.4 Å². The lowest BCUT2D eigenvalue weighted by atomic mass is 9.96. The molecule has 1 unspecified atom stereocenters. The quantitative estimate of drug-likeness (QED) is 0.171. The van der Waals surface area contributed by atoms with E-state index in [2.05, 4.69) is 9.62 Å². The number of nitrogens with one attached hydrogen (secondary N) is 1. The van der Waals surface area contributed by atoms with Crippen molar-refractivity contribution in [2.75, 3.05) is 13.1 Å². The number of aliphatic carboxylic acids is 3. The number of hydrogen-bond donors (Lipinski definition) is 5. The number of hydrogen-bond acceptors (Lipinski definition) is 9. The lowest BCUT2D eigenvalue weighted by Crippen LogP contribution is -2.51. The average molecular weight is 616 g/mol. The van der Waals surface area contributed by atoms with Crippen LogP contribution < -0.4 is 4.72 Å². The third kappa shape index (κ3) is 10.7. The molecule has 0 spiro atoms. The lowest BCUT2D eigenvalue weighted by molar-refractivity contribution is -0.384. The largest absolute Gasteiger partial charge is 0.481 e. The standard InChI is InChI=1S/C19H22ClN3O4S.C6H8O7/c20-16-6-10-18(11-7-16)28(26,27)21-19-3-1-2-13-22(19)14-12-15-4-8-17(9-5-15)23(24)25;7-3(8)1-6(13,5(11)12)2-4(9)10/h4-11,19,21H,1-3,12-14H2;13H,1-2H2,(H,7,8)(H,9,10)(H,11,12). The summed E-state index contributed by atoms with van der Waals surface area (Å²) < 4.78 is 28.2. The van der Waals surface area contributed by atoms with Gasteiger partial charge in [0.25, 0.3) is 5.69 Å². The number of carboxylic acids is 3. The molecule has 1 fully saturated rings. The Labute approximate surface area is 240 Å². The molecule has 1 saturated heterocycles. The Bertz CT molecular complexity index is 1320. The van der Waals surface area contributed by atoms with Crippen molar-refractivity contribution in [2.45, 2.75) is 55.2 Å². The number of nitro benzene ring substituents is 1. The number of likely N-dealkylation sites (tertiary alicyclic amines) is 1. The second-order valence-corrected chi connectivity index (χ2v) is 11.4. The van der Waals surface area contributed by atoms with Gasteiger partial charge in [0.15, 0.2) is 5.60 Å². The molecule has 0 bridgehead atoms. The molecule has 0 aromatic heterocycles. The molecular formula is C25H30ClN3O11S. The molecule has 1 aliphatic rings. The molecule has 3 rings (SSSR count). The number of sulfonamides is 1. The molecule has 0 aliphatic carbocycles. The normalized spacial score (nSPS) is 15.8. The van der Waals surface area contributed by atoms with E-state index in [1.807, 2.05) is 0 Å². The topological polar surface area (TPSA) is 225 Å². The maximum atomic E-state index is 12.7. The molecule has 1 heterocycles. The molecule has 1 aliphatic heterocycles. The van der Waals surface area contributed by atoms with Crippen LogP contribution in [0.2, 0.25) is 5.02 Å². The maximum Gasteiger partial charge on any atom is 0.336 e. The minimum atomic E-state index is -3.63. The Kier molecular flexibility index (Phi) is 12.2. The number of rotatable bonds is 12. The van der Waals surface area contributed by atoms with Gasteiger partial charge in [-0.25, -0.2) is 13.2 Å². The zero-order valence-corrected chi connectivity index (χ0v) is 23.3. The molecule has 2 aromatic rings. The van der Waals surface area contributed by atoms with Gasteiger partial charge in [0.1, 0.15) is 0 Å². The van der Waals surface area contributed by atoms with Crippen LogP contribution in [-0.4, -0.2) is 81.4 Å². The summed E-state index contributed by atoms with van der Waals surface area (Å²) in [6, 6.07) is 12.6. The van der Waals surface area contributed by atoms with E-state index in [-0.39, 0.29) is 16.7 Å². The van der Waals surface area contributed by atoms with Crippen LogP contribution in [0.3, 0.4) is 0 Å². The smallest absolute Gasteiger partial charge is 0.336 e. The molecule has 41 heavy (non-hydrogen) atoms. The van der Waals surface area contributed by atoms with Crippen molar-refractivity contribution in [1.82, 2.24) is 9.62 Å². The molecule has 224 valence electrons. The highest BCUT2D eigenvalue weighted by atomic mass is 35.5. The van der Waals surface area contributed by atoms with E-state index in [1.165, 1.54) is 24.3 Å². The highest BCUT2D eigenvalue weighted by Crippen LogP contribution is 2.21. The second-order valence-electron chi connectivity index (χ2n) is 9.27. The van der Waals surface area contributed by atoms with Crippen LogP contribution in [0.1, 0.15) is 37.7 Å². The minimum absolute atomic E-state index is 0.0651. The number of carbonyl (C=O) groups is 3. The number of nitrogens with zero attached hydrogens (tertiary/aromatic N) is 2. The number of benzene rings is 2. The summed E-state index contributed by atoms with van der Waals surface area (Å²) in [5, 5.41) is 45.1. The maximum absolute atomic E-state index is 12.7. The minimum Gasteiger partial charge on any atom is -0.481 e. The summed E-state index contributed by atoms with van der Waals surface area (Å²) in [4.78, 5) is 43.1. The monoisotopic (exact) mass is 615 g/mol. The Morgan fingerprint density at radius 3 is 2.05 bits per heavy atom. The van der Waals surface area contributed by atoms with Gasteiger partial charge in [-0.1, -0.05) is 23.7 Å². The van der Waals surface area contributed by atoms with E-state index < -0.39 is 51.3 Å². The van der Waals surface area contributed by atoms with Crippen molar-refractivity contribution in [1.29, 1.82) is 0 Å². The highest BCUT2D eigenvalue weighted by molar-refractivity contribution is 7.89. The number of nitro groups is 1. The molecule has 1 atom stereocenters. The zero-order chi connectivity index (χ0) is 30.8. The van der Waals surface area contributed by atoms with Crippen LogP contribution in [-0.2, 0) is 30.8 Å². The summed E-state index contributed by atoms with van der Waals surface area (Å²) in [6.07, 6.45) is 0.849. The Hall–Kier alpha value is -3.63. The summed E-state index contributed by atoms with van der Waals surface area (Å²) in [7, 11) is -3.63. The molecule has 16 heteroatoms. The summed E-state index contributed by atoms with van der Waals surface area (Å²) in [5.41, 5.74) is -1.69. The van der Waals surface area contributed by atoms with Gasteiger partial charge in [-0.2, -0.15) is 4.72 Å². The Balaban J connectivity index is 0.000000383. The van der Waals surface area contributed by atoms with Gasteiger partial charge in [0.05, 0.1) is 28.8 Å². The first-order valence-electron chi connectivity index (χ1n) is 12.3. The van der Waals surface area contributed by atoms with E-state index in [4.69, 9.17) is 32.0 Å². The fraction of sp³-hybridized carbons (Fsp3) is 0.400. The van der Waals surface area contributed by atoms with Gasteiger partial charge >= 0.3 is 17.9 Å². The SMILES string of the molecule is O=C(O)CC(O)(CC(=O)O)C(=O)O.O=[N+]([O-])c1ccc(CCN2CCCCC2NS(=O)(=O)c2ccc(Cl)cc2)cc1. The summed E-state index contributed by atoms with van der Waals surface area (Å²) in [6.45, 7) is 1.48.